The number of fused-ring (bicyclic) bond motifs is 2. The molecule has 2 aromatic rings. The number of benzene rings is 2. The molecule has 27 heavy (non-hydrogen) atoms. The number of hydroxylamine groups is 3. The lowest BCUT2D eigenvalue weighted by Gasteiger charge is -2.49. The maximum atomic E-state index is 14.0. The lowest BCUT2D eigenvalue weighted by atomic mass is 9.96. The first-order valence-electron chi connectivity index (χ1n) is 9.16. The van der Waals surface area contributed by atoms with Gasteiger partial charge in [-0.15, -0.1) is 0 Å². The summed E-state index contributed by atoms with van der Waals surface area (Å²) in [5, 5.41) is 21.7. The number of aliphatic hydroxyl groups is 1. The SMILES string of the molecule is [O-][N+]1(CCO)CCN(C2Cc3ccccc3Sc3cc(F)c(F)cc32)CC1. The van der Waals surface area contributed by atoms with Gasteiger partial charge in [0.25, 0.3) is 0 Å². The zero-order valence-corrected chi connectivity index (χ0v) is 15.7. The average Bonchev–Trinajstić information content (AvgIpc) is 2.80. The third-order valence-corrected chi connectivity index (χ3v) is 6.75. The molecule has 144 valence electrons. The van der Waals surface area contributed by atoms with Gasteiger partial charge in [0.2, 0.25) is 0 Å². The molecule has 0 aliphatic carbocycles. The van der Waals surface area contributed by atoms with Crippen molar-refractivity contribution in [3.8, 4) is 0 Å². The molecule has 1 fully saturated rings. The number of halogens is 2. The van der Waals surface area contributed by atoms with E-state index in [-0.39, 0.29) is 19.2 Å². The molecule has 0 aromatic heterocycles. The Kier molecular flexibility index (Phi) is 5.22. The van der Waals surface area contributed by atoms with Crippen LogP contribution in [0.2, 0.25) is 0 Å². The van der Waals surface area contributed by atoms with Gasteiger partial charge in [-0.1, -0.05) is 30.0 Å². The number of hydrogen-bond acceptors (Lipinski definition) is 4. The van der Waals surface area contributed by atoms with Crippen LogP contribution in [-0.2, 0) is 6.42 Å². The highest BCUT2D eigenvalue weighted by molar-refractivity contribution is 7.99. The Morgan fingerprint density at radius 3 is 2.56 bits per heavy atom. The van der Waals surface area contributed by atoms with Gasteiger partial charge < -0.3 is 15.0 Å². The van der Waals surface area contributed by atoms with E-state index < -0.39 is 16.3 Å². The number of quaternary nitrogens is 1. The molecule has 4 nitrogen and oxygen atoms in total. The Bertz CT molecular complexity index is 841. The van der Waals surface area contributed by atoms with Crippen molar-refractivity contribution in [1.29, 1.82) is 0 Å². The lowest BCUT2D eigenvalue weighted by molar-refractivity contribution is -0.885. The van der Waals surface area contributed by atoms with Gasteiger partial charge in [-0.3, -0.25) is 4.90 Å². The third-order valence-electron chi connectivity index (χ3n) is 5.56. The van der Waals surface area contributed by atoms with Gasteiger partial charge in [0.15, 0.2) is 11.6 Å². The Morgan fingerprint density at radius 1 is 1.11 bits per heavy atom. The van der Waals surface area contributed by atoms with Gasteiger partial charge >= 0.3 is 0 Å². The normalized spacial score (nSPS) is 22.0. The van der Waals surface area contributed by atoms with E-state index in [2.05, 4.69) is 11.0 Å². The van der Waals surface area contributed by atoms with Gasteiger partial charge in [0, 0.05) is 28.9 Å². The van der Waals surface area contributed by atoms with Gasteiger partial charge in [0.1, 0.15) is 6.54 Å². The first kappa shape index (κ1) is 18.8. The van der Waals surface area contributed by atoms with Gasteiger partial charge in [-0.25, -0.2) is 8.78 Å². The van der Waals surface area contributed by atoms with Gasteiger partial charge in [-0.2, -0.15) is 0 Å². The van der Waals surface area contributed by atoms with Crippen molar-refractivity contribution in [2.75, 3.05) is 39.3 Å². The first-order chi connectivity index (χ1) is 13.0. The van der Waals surface area contributed by atoms with Crippen molar-refractivity contribution in [2.24, 2.45) is 0 Å². The third kappa shape index (κ3) is 3.75. The molecule has 1 saturated heterocycles. The summed E-state index contributed by atoms with van der Waals surface area (Å²) in [5.74, 6) is -1.67. The summed E-state index contributed by atoms with van der Waals surface area (Å²) in [6.45, 7) is 2.01. The van der Waals surface area contributed by atoms with Crippen LogP contribution in [0.1, 0.15) is 17.2 Å². The lowest BCUT2D eigenvalue weighted by Crippen LogP contribution is -2.57. The highest BCUT2D eigenvalue weighted by atomic mass is 32.2. The molecule has 1 atom stereocenters. The molecule has 2 aromatic carbocycles. The molecule has 7 heteroatoms. The fourth-order valence-corrected chi connectivity index (χ4v) is 5.13. The fraction of sp³-hybridized carbons (Fsp3) is 0.400. The number of aliphatic hydroxyl groups excluding tert-OH is 1. The smallest absolute Gasteiger partial charge is 0.159 e. The Balaban J connectivity index is 1.69. The monoisotopic (exact) mass is 392 g/mol. The molecule has 2 heterocycles. The molecule has 4 rings (SSSR count). The largest absolute Gasteiger partial charge is 0.633 e. The molecule has 0 spiro atoms. The summed E-state index contributed by atoms with van der Waals surface area (Å²) >= 11 is 1.47. The summed E-state index contributed by atoms with van der Waals surface area (Å²) < 4.78 is 27.6. The maximum absolute atomic E-state index is 14.0. The van der Waals surface area contributed by atoms with E-state index in [1.807, 2.05) is 18.2 Å². The van der Waals surface area contributed by atoms with Crippen molar-refractivity contribution >= 4 is 11.8 Å². The molecule has 1 N–H and O–H groups in total. The van der Waals surface area contributed by atoms with Crippen LogP contribution in [0.4, 0.5) is 8.78 Å². The number of hydrogen-bond donors (Lipinski definition) is 1. The topological polar surface area (TPSA) is 46.5 Å². The molecular formula is C20H22F2N2O2S. The minimum Gasteiger partial charge on any atom is -0.633 e. The highest BCUT2D eigenvalue weighted by Gasteiger charge is 2.33. The molecule has 0 amide bonds. The van der Waals surface area contributed by atoms with Crippen LogP contribution in [0.5, 0.6) is 0 Å². The van der Waals surface area contributed by atoms with Crippen molar-refractivity contribution in [3.05, 3.63) is 64.4 Å². The molecule has 0 saturated carbocycles. The summed E-state index contributed by atoms with van der Waals surface area (Å²) in [5.41, 5.74) is 1.93. The molecule has 2 aliphatic heterocycles. The Hall–Kier alpha value is -1.51. The van der Waals surface area contributed by atoms with E-state index in [0.717, 1.165) is 20.9 Å². The van der Waals surface area contributed by atoms with Crippen molar-refractivity contribution in [3.63, 3.8) is 0 Å². The van der Waals surface area contributed by atoms with Crippen LogP contribution >= 0.6 is 11.8 Å². The van der Waals surface area contributed by atoms with Crippen LogP contribution in [0.25, 0.3) is 0 Å². The summed E-state index contributed by atoms with van der Waals surface area (Å²) in [6.07, 6.45) is 0.695. The number of rotatable bonds is 3. The van der Waals surface area contributed by atoms with Crippen LogP contribution < -0.4 is 0 Å². The van der Waals surface area contributed by atoms with Crippen LogP contribution in [-0.4, -0.2) is 54.0 Å². The summed E-state index contributed by atoms with van der Waals surface area (Å²) in [4.78, 5) is 3.98. The quantitative estimate of drug-likeness (QED) is 0.643. The summed E-state index contributed by atoms with van der Waals surface area (Å²) in [6, 6.07) is 10.5. The fourth-order valence-electron chi connectivity index (χ4n) is 3.99. The number of nitrogens with zero attached hydrogens (tertiary/aromatic N) is 2. The van der Waals surface area contributed by atoms with E-state index in [1.165, 1.54) is 23.9 Å². The first-order valence-corrected chi connectivity index (χ1v) is 9.97. The predicted molar refractivity (Wildman–Crippen MR) is 100 cm³/mol. The molecule has 0 bridgehead atoms. The van der Waals surface area contributed by atoms with Gasteiger partial charge in [0.05, 0.1) is 19.7 Å². The predicted octanol–water partition coefficient (Wildman–Crippen LogP) is 3.34. The van der Waals surface area contributed by atoms with E-state index in [0.29, 0.717) is 32.6 Å². The van der Waals surface area contributed by atoms with Crippen LogP contribution in [0.3, 0.4) is 0 Å². The average molecular weight is 392 g/mol. The second kappa shape index (κ2) is 7.48. The Labute approximate surface area is 161 Å². The standard InChI is InChI=1S/C20H22F2N2O2S/c21-16-12-15-18(23-5-7-24(26,8-6-23)9-10-25)11-14-3-1-2-4-19(14)27-20(15)13-17(16)22/h1-4,12-13,18,25H,5-11H2. The summed E-state index contributed by atoms with van der Waals surface area (Å²) in [7, 11) is 0. The molecule has 2 aliphatic rings. The van der Waals surface area contributed by atoms with E-state index in [4.69, 9.17) is 5.11 Å². The van der Waals surface area contributed by atoms with Crippen molar-refractivity contribution in [2.45, 2.75) is 22.3 Å². The van der Waals surface area contributed by atoms with E-state index in [9.17, 15) is 14.0 Å². The number of piperazine rings is 1. The van der Waals surface area contributed by atoms with Crippen LogP contribution in [0, 0.1) is 16.8 Å². The molecule has 1 unspecified atom stereocenters. The van der Waals surface area contributed by atoms with Crippen molar-refractivity contribution in [1.82, 2.24) is 4.90 Å². The highest BCUT2D eigenvalue weighted by Crippen LogP contribution is 2.43. The molecular weight excluding hydrogens is 370 g/mol. The van der Waals surface area contributed by atoms with E-state index >= 15 is 0 Å². The second-order valence-electron chi connectivity index (χ2n) is 7.22. The van der Waals surface area contributed by atoms with E-state index in [1.54, 1.807) is 0 Å². The minimum atomic E-state index is -0.837. The minimum absolute atomic E-state index is 0.103. The zero-order chi connectivity index (χ0) is 19.0. The van der Waals surface area contributed by atoms with Crippen molar-refractivity contribution < 1.29 is 18.5 Å². The maximum Gasteiger partial charge on any atom is 0.159 e. The zero-order valence-electron chi connectivity index (χ0n) is 14.9. The second-order valence-corrected chi connectivity index (χ2v) is 8.31. The van der Waals surface area contributed by atoms with Crippen LogP contribution in [0.15, 0.2) is 46.2 Å². The van der Waals surface area contributed by atoms with Gasteiger partial charge in [-0.05, 0) is 35.7 Å². The molecule has 0 radical (unpaired) electrons. The Morgan fingerprint density at radius 2 is 1.81 bits per heavy atom.